The smallest absolute Gasteiger partial charge is 0.326 e. The molecule has 0 saturated carbocycles. The van der Waals surface area contributed by atoms with Gasteiger partial charge in [-0.1, -0.05) is 24.6 Å². The number of hydrogen-bond acceptors (Lipinski definition) is 4. The molecule has 0 aliphatic carbocycles. The van der Waals surface area contributed by atoms with Gasteiger partial charge in [-0.05, 0) is 51.3 Å². The van der Waals surface area contributed by atoms with E-state index in [1.165, 1.54) is 28.6 Å². The Balaban J connectivity index is 2.23. The lowest BCUT2D eigenvalue weighted by Crippen LogP contribution is -2.42. The Labute approximate surface area is 160 Å². The highest BCUT2D eigenvalue weighted by atomic mass is 32.2. The zero-order valence-electron chi connectivity index (χ0n) is 15.6. The first-order valence-corrected chi connectivity index (χ1v) is 10.5. The lowest BCUT2D eigenvalue weighted by Gasteiger charge is -2.32. The summed E-state index contributed by atoms with van der Waals surface area (Å²) in [4.78, 5) is 23.8. The number of hydrogen-bond donors (Lipinski definition) is 2. The van der Waals surface area contributed by atoms with Gasteiger partial charge in [0.05, 0.1) is 4.90 Å². The molecule has 0 spiro atoms. The van der Waals surface area contributed by atoms with E-state index in [1.54, 1.807) is 19.1 Å². The van der Waals surface area contributed by atoms with Gasteiger partial charge in [0.15, 0.2) is 0 Å². The van der Waals surface area contributed by atoms with Gasteiger partial charge in [-0.2, -0.15) is 4.31 Å². The molecule has 27 heavy (non-hydrogen) atoms. The van der Waals surface area contributed by atoms with Crippen LogP contribution in [0.4, 0.5) is 0 Å². The van der Waals surface area contributed by atoms with Crippen LogP contribution in [-0.2, 0) is 14.8 Å². The van der Waals surface area contributed by atoms with Gasteiger partial charge < -0.3 is 10.4 Å². The molecule has 8 heteroatoms. The number of rotatable bonds is 7. The van der Waals surface area contributed by atoms with Crippen molar-refractivity contribution < 1.29 is 23.1 Å². The molecule has 2 unspecified atom stereocenters. The van der Waals surface area contributed by atoms with Crippen molar-refractivity contribution in [1.82, 2.24) is 9.62 Å². The highest BCUT2D eigenvalue weighted by Gasteiger charge is 2.31. The van der Waals surface area contributed by atoms with Crippen molar-refractivity contribution >= 4 is 21.9 Å². The molecule has 0 aromatic heterocycles. The molecule has 148 valence electrons. The SMILES string of the molecule is C/C=C/CC(NC(=O)c1cccc(S(=O)(=O)N2CCCCC2C)c1)C(=O)O. The standard InChI is InChI=1S/C19H26N2O5S/c1-3-4-11-17(19(23)24)20-18(22)15-9-7-10-16(13-15)27(25,26)21-12-6-5-8-14(21)2/h3-4,7,9-10,13-14,17H,5-6,8,11-12H2,1-2H3,(H,20,22)(H,23,24)/b4-3+. The summed E-state index contributed by atoms with van der Waals surface area (Å²) in [6.07, 6.45) is 6.13. The van der Waals surface area contributed by atoms with Crippen molar-refractivity contribution in [2.75, 3.05) is 6.54 Å². The summed E-state index contributed by atoms with van der Waals surface area (Å²) >= 11 is 0. The highest BCUT2D eigenvalue weighted by molar-refractivity contribution is 7.89. The molecule has 7 nitrogen and oxygen atoms in total. The lowest BCUT2D eigenvalue weighted by atomic mass is 10.1. The number of carboxylic acids is 1. The van der Waals surface area contributed by atoms with Crippen LogP contribution in [0.5, 0.6) is 0 Å². The number of nitrogens with one attached hydrogen (secondary N) is 1. The second-order valence-electron chi connectivity index (χ2n) is 6.66. The van der Waals surface area contributed by atoms with Crippen molar-refractivity contribution in [3.05, 3.63) is 42.0 Å². The van der Waals surface area contributed by atoms with Gasteiger partial charge >= 0.3 is 5.97 Å². The molecule has 1 amide bonds. The first-order chi connectivity index (χ1) is 12.8. The molecule has 1 aliphatic heterocycles. The number of carbonyl (C=O) groups is 2. The number of carboxylic acid groups (broad SMARTS) is 1. The first kappa shape index (κ1) is 21.1. The number of sulfonamides is 1. The van der Waals surface area contributed by atoms with Crippen LogP contribution in [0.15, 0.2) is 41.3 Å². The maximum Gasteiger partial charge on any atom is 0.326 e. The van der Waals surface area contributed by atoms with Crippen molar-refractivity contribution in [3.8, 4) is 0 Å². The normalized spacial score (nSPS) is 19.7. The quantitative estimate of drug-likeness (QED) is 0.691. The van der Waals surface area contributed by atoms with Gasteiger partial charge in [0.2, 0.25) is 10.0 Å². The number of allylic oxidation sites excluding steroid dienone is 1. The number of amides is 1. The number of nitrogens with zero attached hydrogens (tertiary/aromatic N) is 1. The molecule has 1 saturated heterocycles. The molecule has 2 N–H and O–H groups in total. The predicted octanol–water partition coefficient (Wildman–Crippen LogP) is 2.40. The Morgan fingerprint density at radius 3 is 2.74 bits per heavy atom. The summed E-state index contributed by atoms with van der Waals surface area (Å²) in [6, 6.07) is 4.58. The topological polar surface area (TPSA) is 104 Å². The van der Waals surface area contributed by atoms with Gasteiger partial charge in [-0.25, -0.2) is 13.2 Å². The van der Waals surface area contributed by atoms with Crippen LogP contribution in [0.2, 0.25) is 0 Å². The van der Waals surface area contributed by atoms with E-state index in [1.807, 2.05) is 6.92 Å². The van der Waals surface area contributed by atoms with E-state index in [0.29, 0.717) is 6.54 Å². The summed E-state index contributed by atoms with van der Waals surface area (Å²) in [5, 5.41) is 11.7. The van der Waals surface area contributed by atoms with Gasteiger partial charge in [0.1, 0.15) is 6.04 Å². The molecular formula is C19H26N2O5S. The van der Waals surface area contributed by atoms with E-state index in [0.717, 1.165) is 19.3 Å². The third-order valence-corrected chi connectivity index (χ3v) is 6.67. The van der Waals surface area contributed by atoms with Gasteiger partial charge in [0, 0.05) is 18.2 Å². The van der Waals surface area contributed by atoms with Crippen molar-refractivity contribution in [1.29, 1.82) is 0 Å². The minimum absolute atomic E-state index is 0.0456. The van der Waals surface area contributed by atoms with E-state index < -0.39 is 27.9 Å². The molecule has 1 aliphatic rings. The molecule has 0 radical (unpaired) electrons. The van der Waals surface area contributed by atoms with Crippen LogP contribution >= 0.6 is 0 Å². The van der Waals surface area contributed by atoms with Gasteiger partial charge in [0.25, 0.3) is 5.91 Å². The third kappa shape index (κ3) is 5.17. The van der Waals surface area contributed by atoms with Crippen LogP contribution in [0, 0.1) is 0 Å². The molecule has 2 atom stereocenters. The van der Waals surface area contributed by atoms with E-state index in [9.17, 15) is 23.1 Å². The maximum atomic E-state index is 12.9. The number of carbonyl (C=O) groups excluding carboxylic acids is 1. The van der Waals surface area contributed by atoms with Crippen molar-refractivity contribution in [2.45, 2.75) is 56.5 Å². The van der Waals surface area contributed by atoms with Crippen LogP contribution in [0.3, 0.4) is 0 Å². The van der Waals surface area contributed by atoms with Crippen LogP contribution in [-0.4, -0.2) is 48.3 Å². The fraction of sp³-hybridized carbons (Fsp3) is 0.474. The predicted molar refractivity (Wildman–Crippen MR) is 102 cm³/mol. The Morgan fingerprint density at radius 1 is 1.37 bits per heavy atom. The summed E-state index contributed by atoms with van der Waals surface area (Å²) in [7, 11) is -3.70. The van der Waals surface area contributed by atoms with E-state index in [2.05, 4.69) is 5.32 Å². The second kappa shape index (κ2) is 9.14. The van der Waals surface area contributed by atoms with E-state index >= 15 is 0 Å². The van der Waals surface area contributed by atoms with Crippen LogP contribution < -0.4 is 5.32 Å². The molecule has 1 fully saturated rings. The Hall–Kier alpha value is -2.19. The zero-order chi connectivity index (χ0) is 20.0. The number of piperidine rings is 1. The fourth-order valence-corrected chi connectivity index (χ4v) is 4.84. The Kier molecular flexibility index (Phi) is 7.15. The highest BCUT2D eigenvalue weighted by Crippen LogP contribution is 2.25. The van der Waals surface area contributed by atoms with Crippen molar-refractivity contribution in [3.63, 3.8) is 0 Å². The Bertz CT molecular complexity index is 819. The molecule has 2 rings (SSSR count). The average Bonchev–Trinajstić information content (AvgIpc) is 2.65. The maximum absolute atomic E-state index is 12.9. The third-order valence-electron chi connectivity index (χ3n) is 4.66. The summed E-state index contributed by atoms with van der Waals surface area (Å²) in [5.41, 5.74) is 0.118. The number of benzene rings is 1. The average molecular weight is 394 g/mol. The minimum Gasteiger partial charge on any atom is -0.480 e. The summed E-state index contributed by atoms with van der Waals surface area (Å²) in [5.74, 6) is -1.76. The van der Waals surface area contributed by atoms with E-state index in [-0.39, 0.29) is 22.9 Å². The summed E-state index contributed by atoms with van der Waals surface area (Å²) < 4.78 is 27.3. The van der Waals surface area contributed by atoms with E-state index in [4.69, 9.17) is 0 Å². The fourth-order valence-electron chi connectivity index (χ4n) is 3.10. The largest absolute Gasteiger partial charge is 0.480 e. The number of aliphatic carboxylic acids is 1. The minimum atomic E-state index is -3.70. The second-order valence-corrected chi connectivity index (χ2v) is 8.55. The molecule has 1 heterocycles. The lowest BCUT2D eigenvalue weighted by molar-refractivity contribution is -0.139. The monoisotopic (exact) mass is 394 g/mol. The van der Waals surface area contributed by atoms with Crippen LogP contribution in [0.1, 0.15) is 49.9 Å². The van der Waals surface area contributed by atoms with Crippen molar-refractivity contribution in [2.24, 2.45) is 0 Å². The summed E-state index contributed by atoms with van der Waals surface area (Å²) in [6.45, 7) is 4.10. The zero-order valence-corrected chi connectivity index (χ0v) is 16.4. The van der Waals surface area contributed by atoms with Gasteiger partial charge in [-0.3, -0.25) is 4.79 Å². The van der Waals surface area contributed by atoms with Crippen LogP contribution in [0.25, 0.3) is 0 Å². The molecule has 1 aromatic rings. The molecule has 1 aromatic carbocycles. The molecule has 0 bridgehead atoms. The molecular weight excluding hydrogens is 368 g/mol. The van der Waals surface area contributed by atoms with Gasteiger partial charge in [-0.15, -0.1) is 0 Å². The Morgan fingerprint density at radius 2 is 2.11 bits per heavy atom. The first-order valence-electron chi connectivity index (χ1n) is 9.04.